The summed E-state index contributed by atoms with van der Waals surface area (Å²) >= 11 is 3.52. The van der Waals surface area contributed by atoms with Gasteiger partial charge in [-0.25, -0.2) is 0 Å². The highest BCUT2D eigenvalue weighted by Gasteiger charge is 2.23. The molecule has 1 aromatic carbocycles. The SMILES string of the molecule is O=C(c1ccc2nccnc2c1)N1CCCC(CBr)C1. The second-order valence-electron chi connectivity index (χ2n) is 5.17. The molecule has 1 fully saturated rings. The van der Waals surface area contributed by atoms with Crippen LogP contribution in [-0.4, -0.2) is 39.2 Å². The van der Waals surface area contributed by atoms with Gasteiger partial charge in [-0.3, -0.25) is 14.8 Å². The number of piperidine rings is 1. The van der Waals surface area contributed by atoms with Gasteiger partial charge in [-0.15, -0.1) is 0 Å². The minimum Gasteiger partial charge on any atom is -0.338 e. The van der Waals surface area contributed by atoms with Crippen LogP contribution in [0.5, 0.6) is 0 Å². The zero-order valence-corrected chi connectivity index (χ0v) is 12.7. The predicted octanol–water partition coefficient (Wildman–Crippen LogP) is 2.88. The Morgan fingerprint density at radius 3 is 2.90 bits per heavy atom. The minimum atomic E-state index is 0.100. The lowest BCUT2D eigenvalue weighted by Crippen LogP contribution is -2.40. The average Bonchev–Trinajstić information content (AvgIpc) is 2.53. The summed E-state index contributed by atoms with van der Waals surface area (Å²) in [5, 5.41) is 0.958. The molecule has 1 aliphatic heterocycles. The average molecular weight is 334 g/mol. The second kappa shape index (κ2) is 5.87. The molecule has 0 aliphatic carbocycles. The summed E-state index contributed by atoms with van der Waals surface area (Å²) < 4.78 is 0. The summed E-state index contributed by atoms with van der Waals surface area (Å²) in [6.45, 7) is 1.68. The van der Waals surface area contributed by atoms with Crippen LogP contribution in [0.4, 0.5) is 0 Å². The molecule has 3 rings (SSSR count). The zero-order chi connectivity index (χ0) is 13.9. The molecule has 5 heteroatoms. The summed E-state index contributed by atoms with van der Waals surface area (Å²) in [5.74, 6) is 0.663. The summed E-state index contributed by atoms with van der Waals surface area (Å²) in [7, 11) is 0. The number of alkyl halides is 1. The third-order valence-electron chi connectivity index (χ3n) is 3.74. The molecule has 1 atom stereocenters. The smallest absolute Gasteiger partial charge is 0.253 e. The van der Waals surface area contributed by atoms with E-state index in [4.69, 9.17) is 0 Å². The fraction of sp³-hybridized carbons (Fsp3) is 0.400. The molecule has 1 aromatic heterocycles. The van der Waals surface area contributed by atoms with Crippen LogP contribution in [0.15, 0.2) is 30.6 Å². The van der Waals surface area contributed by atoms with Crippen LogP contribution >= 0.6 is 15.9 Å². The highest BCUT2D eigenvalue weighted by molar-refractivity contribution is 9.09. The Kier molecular flexibility index (Phi) is 3.96. The third kappa shape index (κ3) is 2.68. The van der Waals surface area contributed by atoms with Crippen LogP contribution in [0.2, 0.25) is 0 Å². The van der Waals surface area contributed by atoms with Crippen molar-refractivity contribution in [2.45, 2.75) is 12.8 Å². The van der Waals surface area contributed by atoms with Gasteiger partial charge in [0, 0.05) is 36.4 Å². The van der Waals surface area contributed by atoms with E-state index in [1.807, 2.05) is 23.1 Å². The monoisotopic (exact) mass is 333 g/mol. The molecule has 1 unspecified atom stereocenters. The Morgan fingerprint density at radius 2 is 2.10 bits per heavy atom. The van der Waals surface area contributed by atoms with Gasteiger partial charge in [0.1, 0.15) is 0 Å². The van der Waals surface area contributed by atoms with E-state index >= 15 is 0 Å². The summed E-state index contributed by atoms with van der Waals surface area (Å²) in [4.78, 5) is 23.0. The molecule has 1 amide bonds. The van der Waals surface area contributed by atoms with E-state index in [0.717, 1.165) is 35.9 Å². The maximum atomic E-state index is 12.6. The molecular formula is C15H16BrN3O. The summed E-state index contributed by atoms with van der Waals surface area (Å²) in [6, 6.07) is 5.54. The second-order valence-corrected chi connectivity index (χ2v) is 5.82. The van der Waals surface area contributed by atoms with Crippen molar-refractivity contribution in [2.24, 2.45) is 5.92 Å². The fourth-order valence-electron chi connectivity index (χ4n) is 2.65. The van der Waals surface area contributed by atoms with E-state index < -0.39 is 0 Å². The Bertz CT molecular complexity index is 631. The molecule has 0 spiro atoms. The molecule has 20 heavy (non-hydrogen) atoms. The molecule has 4 nitrogen and oxygen atoms in total. The summed E-state index contributed by atoms with van der Waals surface area (Å²) in [6.07, 6.45) is 5.58. The molecule has 2 heterocycles. The van der Waals surface area contributed by atoms with Crippen molar-refractivity contribution in [3.8, 4) is 0 Å². The molecule has 1 aliphatic rings. The first-order chi connectivity index (χ1) is 9.78. The number of carbonyl (C=O) groups is 1. The largest absolute Gasteiger partial charge is 0.338 e. The van der Waals surface area contributed by atoms with E-state index in [1.54, 1.807) is 12.4 Å². The number of benzene rings is 1. The molecular weight excluding hydrogens is 318 g/mol. The third-order valence-corrected chi connectivity index (χ3v) is 4.66. The van der Waals surface area contributed by atoms with Crippen molar-refractivity contribution in [1.82, 2.24) is 14.9 Å². The first-order valence-corrected chi connectivity index (χ1v) is 7.96. The molecule has 0 N–H and O–H groups in total. The van der Waals surface area contributed by atoms with Crippen molar-refractivity contribution >= 4 is 32.9 Å². The van der Waals surface area contributed by atoms with E-state index in [-0.39, 0.29) is 5.91 Å². The Morgan fingerprint density at radius 1 is 1.30 bits per heavy atom. The van der Waals surface area contributed by atoms with Gasteiger partial charge in [0.15, 0.2) is 0 Å². The van der Waals surface area contributed by atoms with Crippen molar-refractivity contribution < 1.29 is 4.79 Å². The normalized spacial score (nSPS) is 19.2. The molecule has 2 aromatic rings. The number of hydrogen-bond donors (Lipinski definition) is 0. The Hall–Kier alpha value is -1.49. The van der Waals surface area contributed by atoms with Crippen molar-refractivity contribution in [3.05, 3.63) is 36.2 Å². The Labute approximate surface area is 126 Å². The number of carbonyl (C=O) groups excluding carboxylic acids is 1. The van der Waals surface area contributed by atoms with Crippen LogP contribution in [0, 0.1) is 5.92 Å². The Balaban J connectivity index is 1.84. The van der Waals surface area contributed by atoms with Crippen LogP contribution < -0.4 is 0 Å². The number of fused-ring (bicyclic) bond motifs is 1. The lowest BCUT2D eigenvalue weighted by atomic mass is 9.99. The van der Waals surface area contributed by atoms with Crippen LogP contribution in [0.25, 0.3) is 11.0 Å². The molecule has 1 saturated heterocycles. The van der Waals surface area contributed by atoms with Crippen molar-refractivity contribution in [1.29, 1.82) is 0 Å². The van der Waals surface area contributed by atoms with Gasteiger partial charge in [0.05, 0.1) is 11.0 Å². The summed E-state index contributed by atoms with van der Waals surface area (Å²) in [5.41, 5.74) is 2.29. The van der Waals surface area contributed by atoms with Gasteiger partial charge in [-0.2, -0.15) is 0 Å². The lowest BCUT2D eigenvalue weighted by molar-refractivity contribution is 0.0686. The molecule has 0 radical (unpaired) electrons. The quantitative estimate of drug-likeness (QED) is 0.794. The minimum absolute atomic E-state index is 0.100. The maximum absolute atomic E-state index is 12.6. The van der Waals surface area contributed by atoms with Crippen molar-refractivity contribution in [2.75, 3.05) is 18.4 Å². The fourth-order valence-corrected chi connectivity index (χ4v) is 3.18. The first-order valence-electron chi connectivity index (χ1n) is 6.84. The van der Waals surface area contributed by atoms with Gasteiger partial charge < -0.3 is 4.90 Å². The molecule has 0 bridgehead atoms. The van der Waals surface area contributed by atoms with Gasteiger partial charge >= 0.3 is 0 Å². The zero-order valence-electron chi connectivity index (χ0n) is 11.1. The maximum Gasteiger partial charge on any atom is 0.253 e. The molecule has 104 valence electrons. The van der Waals surface area contributed by atoms with Crippen LogP contribution in [-0.2, 0) is 0 Å². The van der Waals surface area contributed by atoms with E-state index in [0.29, 0.717) is 11.5 Å². The highest BCUT2D eigenvalue weighted by atomic mass is 79.9. The standard InChI is InChI=1S/C15H16BrN3O/c16-9-11-2-1-7-19(10-11)15(20)12-3-4-13-14(8-12)18-6-5-17-13/h3-6,8,11H,1-2,7,9-10H2. The number of amides is 1. The lowest BCUT2D eigenvalue weighted by Gasteiger charge is -2.32. The van der Waals surface area contributed by atoms with Gasteiger partial charge in [0.25, 0.3) is 5.91 Å². The number of nitrogens with zero attached hydrogens (tertiary/aromatic N) is 3. The van der Waals surface area contributed by atoms with E-state index in [2.05, 4.69) is 25.9 Å². The topological polar surface area (TPSA) is 46.1 Å². The van der Waals surface area contributed by atoms with E-state index in [9.17, 15) is 4.79 Å². The van der Waals surface area contributed by atoms with E-state index in [1.165, 1.54) is 6.42 Å². The van der Waals surface area contributed by atoms with Gasteiger partial charge in [-0.1, -0.05) is 15.9 Å². The predicted molar refractivity (Wildman–Crippen MR) is 82.0 cm³/mol. The van der Waals surface area contributed by atoms with Gasteiger partial charge in [0.2, 0.25) is 0 Å². The number of hydrogen-bond acceptors (Lipinski definition) is 3. The highest BCUT2D eigenvalue weighted by Crippen LogP contribution is 2.21. The number of likely N-dealkylation sites (tertiary alicyclic amines) is 1. The molecule has 0 saturated carbocycles. The first kappa shape index (κ1) is 13.5. The number of halogens is 1. The van der Waals surface area contributed by atoms with Gasteiger partial charge in [-0.05, 0) is 37.0 Å². The number of aromatic nitrogens is 2. The van der Waals surface area contributed by atoms with Crippen molar-refractivity contribution in [3.63, 3.8) is 0 Å². The van der Waals surface area contributed by atoms with Crippen LogP contribution in [0.3, 0.4) is 0 Å². The number of rotatable bonds is 2. The van der Waals surface area contributed by atoms with Crippen LogP contribution in [0.1, 0.15) is 23.2 Å².